The molecule has 0 fully saturated rings. The van der Waals surface area contributed by atoms with Gasteiger partial charge in [-0.3, -0.25) is 0 Å². The summed E-state index contributed by atoms with van der Waals surface area (Å²) < 4.78 is 78.2. The van der Waals surface area contributed by atoms with Crippen molar-refractivity contribution in [2.75, 3.05) is 0 Å². The summed E-state index contributed by atoms with van der Waals surface area (Å²) in [6.07, 6.45) is -6.14. The Morgan fingerprint density at radius 3 is 1.33 bits per heavy atom. The van der Waals surface area contributed by atoms with E-state index in [1.54, 1.807) is 0 Å². The highest BCUT2D eigenvalue weighted by molar-refractivity contribution is 9.11. The highest BCUT2D eigenvalue weighted by Crippen LogP contribution is 2.43. The first-order chi connectivity index (χ1) is 5.10. The minimum Gasteiger partial charge on any atom is -0.201 e. The fourth-order valence-corrected chi connectivity index (χ4v) is 0.492. The largest absolute Gasteiger partial charge is 0.460 e. The first-order valence-corrected chi connectivity index (χ1v) is 3.05. The molecule has 0 spiro atoms. The van der Waals surface area contributed by atoms with Crippen molar-refractivity contribution in [2.24, 2.45) is 0 Å². The number of rotatable bonds is 1. The molecule has 0 N–H and O–H groups in total. The lowest BCUT2D eigenvalue weighted by Gasteiger charge is -2.16. The van der Waals surface area contributed by atoms with E-state index in [-0.39, 0.29) is 0 Å². The van der Waals surface area contributed by atoms with E-state index >= 15 is 0 Å². The van der Waals surface area contributed by atoms with E-state index in [9.17, 15) is 30.7 Å². The molecule has 0 rings (SSSR count). The van der Waals surface area contributed by atoms with Gasteiger partial charge in [0.05, 0.1) is 0 Å². The highest BCUT2D eigenvalue weighted by atomic mass is 79.9. The van der Waals surface area contributed by atoms with Gasteiger partial charge < -0.3 is 0 Å². The lowest BCUT2D eigenvalue weighted by atomic mass is 10.3. The average Bonchev–Trinajstić information content (AvgIpc) is 1.83. The van der Waals surface area contributed by atoms with Crippen LogP contribution in [0.1, 0.15) is 0 Å². The summed E-state index contributed by atoms with van der Waals surface area (Å²) in [6.45, 7) is 0. The third-order valence-corrected chi connectivity index (χ3v) is 1.15. The molecule has 0 aromatic heterocycles. The van der Waals surface area contributed by atoms with Gasteiger partial charge >= 0.3 is 12.1 Å². The maximum atomic E-state index is 11.8. The smallest absolute Gasteiger partial charge is 0.201 e. The van der Waals surface area contributed by atoms with Gasteiger partial charge in [0.15, 0.2) is 0 Å². The Kier molecular flexibility index (Phi) is 3.16. The topological polar surface area (TPSA) is 0 Å². The minimum atomic E-state index is -6.14. The van der Waals surface area contributed by atoms with Gasteiger partial charge in [0, 0.05) is 0 Å². The predicted octanol–water partition coefficient (Wildman–Crippen LogP) is 3.69. The fraction of sp³-hybridized carbons (Fsp3) is 0.500. The second-order valence-electron chi connectivity index (χ2n) is 1.65. The Bertz CT molecular complexity index is 198. The summed E-state index contributed by atoms with van der Waals surface area (Å²) in [6, 6.07) is 0. The van der Waals surface area contributed by atoms with E-state index in [2.05, 4.69) is 0 Å². The Morgan fingerprint density at radius 1 is 0.917 bits per heavy atom. The maximum absolute atomic E-state index is 11.8. The van der Waals surface area contributed by atoms with E-state index in [4.69, 9.17) is 0 Å². The van der Waals surface area contributed by atoms with Gasteiger partial charge in [-0.2, -0.15) is 26.3 Å². The molecule has 0 nitrogen and oxygen atoms in total. The molecule has 0 saturated carbocycles. The standard InChI is InChI=1S/C4BrF7/c5-2(7)1(6)3(8,9)4(10,11)12. The SMILES string of the molecule is FC(Br)=C(F)C(F)(F)C(F)(F)F. The number of halogens is 8. The van der Waals surface area contributed by atoms with Crippen LogP contribution in [0.3, 0.4) is 0 Å². The fourth-order valence-electron chi connectivity index (χ4n) is 0.243. The third kappa shape index (κ3) is 2.11. The Hall–Kier alpha value is -0.270. The Balaban J connectivity index is 5.01. The van der Waals surface area contributed by atoms with Gasteiger partial charge in [0.25, 0.3) is 0 Å². The summed E-state index contributed by atoms with van der Waals surface area (Å²) in [5, 5.41) is 0. The summed E-state index contributed by atoms with van der Waals surface area (Å²) in [5.74, 6) is -8.98. The van der Waals surface area contributed by atoms with Crippen LogP contribution in [-0.4, -0.2) is 12.1 Å². The van der Waals surface area contributed by atoms with Crippen molar-refractivity contribution in [3.63, 3.8) is 0 Å². The van der Waals surface area contributed by atoms with Crippen LogP contribution in [0.25, 0.3) is 0 Å². The molecule has 0 aromatic carbocycles. The lowest BCUT2D eigenvalue weighted by Crippen LogP contribution is -2.37. The lowest BCUT2D eigenvalue weighted by molar-refractivity contribution is -0.270. The highest BCUT2D eigenvalue weighted by Gasteiger charge is 2.62. The second-order valence-corrected chi connectivity index (χ2v) is 2.34. The molecular weight excluding hydrogens is 261 g/mol. The van der Waals surface area contributed by atoms with Gasteiger partial charge in [0.2, 0.25) is 10.6 Å². The molecule has 0 aromatic rings. The zero-order chi connectivity index (χ0) is 10.2. The minimum absolute atomic E-state index is 1.53. The zero-order valence-corrected chi connectivity index (χ0v) is 6.61. The number of alkyl halides is 5. The van der Waals surface area contributed by atoms with Crippen LogP contribution in [0.15, 0.2) is 10.6 Å². The number of hydrogen-bond donors (Lipinski definition) is 0. The summed E-state index contributed by atoms with van der Waals surface area (Å²) in [5.41, 5.74) is 0. The third-order valence-electron chi connectivity index (χ3n) is 0.798. The molecule has 0 aliphatic heterocycles. The van der Waals surface area contributed by atoms with E-state index < -0.39 is 22.7 Å². The average molecular weight is 261 g/mol. The van der Waals surface area contributed by atoms with Crippen molar-refractivity contribution < 1.29 is 30.7 Å². The van der Waals surface area contributed by atoms with Crippen molar-refractivity contribution in [3.8, 4) is 0 Å². The molecule has 0 bridgehead atoms. The van der Waals surface area contributed by atoms with Crippen LogP contribution in [0.5, 0.6) is 0 Å². The maximum Gasteiger partial charge on any atom is 0.460 e. The summed E-state index contributed by atoms with van der Waals surface area (Å²) in [4.78, 5) is 0. The van der Waals surface area contributed by atoms with Crippen molar-refractivity contribution in [2.45, 2.75) is 12.1 Å². The van der Waals surface area contributed by atoms with Crippen LogP contribution in [-0.2, 0) is 0 Å². The van der Waals surface area contributed by atoms with Crippen LogP contribution in [0.4, 0.5) is 30.7 Å². The summed E-state index contributed by atoms with van der Waals surface area (Å²) >= 11 is 1.53. The molecule has 0 radical (unpaired) electrons. The van der Waals surface area contributed by atoms with Crippen LogP contribution in [0.2, 0.25) is 0 Å². The molecule has 12 heavy (non-hydrogen) atoms. The van der Waals surface area contributed by atoms with Gasteiger partial charge in [-0.1, -0.05) is 0 Å². The molecule has 0 aliphatic carbocycles. The Labute approximate surface area is 70.2 Å². The van der Waals surface area contributed by atoms with Crippen LogP contribution in [0, 0.1) is 0 Å². The van der Waals surface area contributed by atoms with Crippen molar-refractivity contribution >= 4 is 15.9 Å². The second kappa shape index (κ2) is 3.23. The number of allylic oxidation sites excluding steroid dienone is 1. The summed E-state index contributed by atoms with van der Waals surface area (Å²) in [7, 11) is 0. The zero-order valence-electron chi connectivity index (χ0n) is 5.02. The van der Waals surface area contributed by atoms with Crippen LogP contribution < -0.4 is 0 Å². The molecule has 0 aliphatic rings. The first-order valence-electron chi connectivity index (χ1n) is 2.26. The normalized spacial score (nSPS) is 16.0. The van der Waals surface area contributed by atoms with Gasteiger partial charge in [-0.25, -0.2) is 4.39 Å². The Morgan fingerprint density at radius 2 is 1.25 bits per heavy atom. The van der Waals surface area contributed by atoms with E-state index in [1.807, 2.05) is 0 Å². The molecule has 8 heteroatoms. The van der Waals surface area contributed by atoms with Gasteiger partial charge in [-0.05, 0) is 15.9 Å². The van der Waals surface area contributed by atoms with E-state index in [0.29, 0.717) is 0 Å². The van der Waals surface area contributed by atoms with Crippen LogP contribution >= 0.6 is 15.9 Å². The van der Waals surface area contributed by atoms with E-state index in [0.717, 1.165) is 0 Å². The molecule has 0 unspecified atom stereocenters. The number of hydrogen-bond acceptors (Lipinski definition) is 0. The van der Waals surface area contributed by atoms with Crippen molar-refractivity contribution in [3.05, 3.63) is 10.6 Å². The molecule has 0 heterocycles. The molecule has 72 valence electrons. The monoisotopic (exact) mass is 260 g/mol. The first kappa shape index (κ1) is 11.7. The van der Waals surface area contributed by atoms with Crippen molar-refractivity contribution in [1.82, 2.24) is 0 Å². The predicted molar refractivity (Wildman–Crippen MR) is 29.2 cm³/mol. The van der Waals surface area contributed by atoms with E-state index in [1.165, 1.54) is 15.9 Å². The molecule has 0 amide bonds. The quantitative estimate of drug-likeness (QED) is 0.631. The molecule has 0 saturated heterocycles. The van der Waals surface area contributed by atoms with Gasteiger partial charge in [0.1, 0.15) is 0 Å². The molecule has 0 atom stereocenters. The van der Waals surface area contributed by atoms with Gasteiger partial charge in [-0.15, -0.1) is 0 Å². The van der Waals surface area contributed by atoms with Crippen molar-refractivity contribution in [1.29, 1.82) is 0 Å². The molecular formula is C4BrF7.